The number of hydrogen-bond acceptors (Lipinski definition) is 2. The largest absolute Gasteiger partial charge is 0.478 e. The monoisotopic (exact) mass is 207 g/mol. The van der Waals surface area contributed by atoms with Gasteiger partial charge in [-0.3, -0.25) is 0 Å². The third-order valence-electron chi connectivity index (χ3n) is 2.44. The van der Waals surface area contributed by atoms with Crippen LogP contribution in [0.2, 0.25) is 0 Å². The van der Waals surface area contributed by atoms with Crippen LogP contribution >= 0.6 is 0 Å². The fourth-order valence-electron chi connectivity index (χ4n) is 1.57. The molecule has 2 N–H and O–H groups in total. The van der Waals surface area contributed by atoms with E-state index in [2.05, 4.69) is 5.32 Å². The first kappa shape index (κ1) is 11.7. The van der Waals surface area contributed by atoms with Crippen LogP contribution in [0.4, 0.5) is 0 Å². The Kier molecular flexibility index (Phi) is 4.31. The van der Waals surface area contributed by atoms with E-state index in [4.69, 9.17) is 5.11 Å². The summed E-state index contributed by atoms with van der Waals surface area (Å²) in [4.78, 5) is 10.9. The molecular weight excluding hydrogens is 190 g/mol. The van der Waals surface area contributed by atoms with Crippen molar-refractivity contribution in [3.8, 4) is 0 Å². The molecule has 0 radical (unpaired) electrons. The molecule has 0 aliphatic heterocycles. The van der Waals surface area contributed by atoms with Gasteiger partial charge in [-0.1, -0.05) is 19.1 Å². The Balaban J connectivity index is 2.92. The van der Waals surface area contributed by atoms with Gasteiger partial charge >= 0.3 is 5.97 Å². The molecule has 82 valence electrons. The van der Waals surface area contributed by atoms with Crippen molar-refractivity contribution in [2.75, 3.05) is 13.6 Å². The van der Waals surface area contributed by atoms with Gasteiger partial charge in [0.05, 0.1) is 5.56 Å². The van der Waals surface area contributed by atoms with Crippen molar-refractivity contribution in [3.05, 3.63) is 34.9 Å². The smallest absolute Gasteiger partial charge is 0.335 e. The fraction of sp³-hybridized carbons (Fsp3) is 0.417. The predicted molar refractivity (Wildman–Crippen MR) is 60.4 cm³/mol. The van der Waals surface area contributed by atoms with Crippen molar-refractivity contribution in [2.24, 2.45) is 0 Å². The van der Waals surface area contributed by atoms with Crippen LogP contribution in [0.5, 0.6) is 0 Å². The summed E-state index contributed by atoms with van der Waals surface area (Å²) >= 11 is 0. The number of carbonyl (C=O) groups is 1. The number of rotatable bonds is 5. The molecule has 0 spiro atoms. The van der Waals surface area contributed by atoms with E-state index < -0.39 is 5.97 Å². The summed E-state index contributed by atoms with van der Waals surface area (Å²) < 4.78 is 0. The van der Waals surface area contributed by atoms with Crippen molar-refractivity contribution in [1.29, 1.82) is 0 Å². The molecule has 0 saturated carbocycles. The zero-order valence-corrected chi connectivity index (χ0v) is 9.21. The van der Waals surface area contributed by atoms with Crippen LogP contribution in [-0.2, 0) is 12.8 Å². The van der Waals surface area contributed by atoms with Crippen LogP contribution in [-0.4, -0.2) is 24.7 Å². The van der Waals surface area contributed by atoms with Gasteiger partial charge < -0.3 is 10.4 Å². The Morgan fingerprint density at radius 3 is 2.73 bits per heavy atom. The molecule has 15 heavy (non-hydrogen) atoms. The third kappa shape index (κ3) is 3.06. The zero-order valence-electron chi connectivity index (χ0n) is 9.21. The molecule has 1 rings (SSSR count). The van der Waals surface area contributed by atoms with Crippen LogP contribution in [0.15, 0.2) is 18.2 Å². The number of nitrogens with one attached hydrogen (secondary N) is 1. The molecule has 0 fully saturated rings. The maximum Gasteiger partial charge on any atom is 0.335 e. The topological polar surface area (TPSA) is 49.3 Å². The second-order valence-electron chi connectivity index (χ2n) is 3.50. The Labute approximate surface area is 90.1 Å². The van der Waals surface area contributed by atoms with Crippen molar-refractivity contribution in [1.82, 2.24) is 5.32 Å². The van der Waals surface area contributed by atoms with Crippen LogP contribution in [0.25, 0.3) is 0 Å². The molecule has 1 aromatic rings. The lowest BCUT2D eigenvalue weighted by Gasteiger charge is -2.07. The molecular formula is C12H17NO2. The SMILES string of the molecule is CCc1cc(CCNC)ccc1C(=O)O. The minimum atomic E-state index is -0.841. The number of hydrogen-bond donors (Lipinski definition) is 2. The Bertz CT molecular complexity index is 347. The van der Waals surface area contributed by atoms with Gasteiger partial charge in [-0.25, -0.2) is 4.79 Å². The van der Waals surface area contributed by atoms with Crippen molar-refractivity contribution in [3.63, 3.8) is 0 Å². The Morgan fingerprint density at radius 1 is 1.47 bits per heavy atom. The maximum atomic E-state index is 10.9. The van der Waals surface area contributed by atoms with Gasteiger partial charge in [-0.05, 0) is 43.6 Å². The normalized spacial score (nSPS) is 10.3. The van der Waals surface area contributed by atoms with E-state index in [0.29, 0.717) is 5.56 Å². The number of carboxylic acid groups (broad SMARTS) is 1. The van der Waals surface area contributed by atoms with E-state index >= 15 is 0 Å². The highest BCUT2D eigenvalue weighted by Gasteiger charge is 2.08. The van der Waals surface area contributed by atoms with Gasteiger partial charge in [-0.2, -0.15) is 0 Å². The number of carboxylic acids is 1. The van der Waals surface area contributed by atoms with Gasteiger partial charge in [0.1, 0.15) is 0 Å². The Morgan fingerprint density at radius 2 is 2.20 bits per heavy atom. The first-order valence-corrected chi connectivity index (χ1v) is 5.18. The minimum Gasteiger partial charge on any atom is -0.478 e. The van der Waals surface area contributed by atoms with Crippen molar-refractivity contribution >= 4 is 5.97 Å². The molecule has 0 saturated heterocycles. The minimum absolute atomic E-state index is 0.422. The van der Waals surface area contributed by atoms with Gasteiger partial charge in [0.15, 0.2) is 0 Å². The molecule has 1 aromatic carbocycles. The van der Waals surface area contributed by atoms with Gasteiger partial charge in [0, 0.05) is 0 Å². The van der Waals surface area contributed by atoms with E-state index in [1.807, 2.05) is 26.1 Å². The van der Waals surface area contributed by atoms with Crippen LogP contribution in [0.1, 0.15) is 28.4 Å². The second kappa shape index (κ2) is 5.51. The average molecular weight is 207 g/mol. The molecule has 3 heteroatoms. The molecule has 0 bridgehead atoms. The summed E-state index contributed by atoms with van der Waals surface area (Å²) in [5.41, 5.74) is 2.52. The van der Waals surface area contributed by atoms with Crippen LogP contribution < -0.4 is 5.32 Å². The van der Waals surface area contributed by atoms with Gasteiger partial charge in [0.2, 0.25) is 0 Å². The number of benzene rings is 1. The van der Waals surface area contributed by atoms with E-state index in [1.165, 1.54) is 5.56 Å². The highest BCUT2D eigenvalue weighted by molar-refractivity contribution is 5.89. The van der Waals surface area contributed by atoms with E-state index in [9.17, 15) is 4.79 Å². The fourth-order valence-corrected chi connectivity index (χ4v) is 1.57. The predicted octanol–water partition coefficient (Wildman–Crippen LogP) is 1.71. The standard InChI is InChI=1S/C12H17NO2/c1-3-10-8-9(6-7-13-2)4-5-11(10)12(14)15/h4-5,8,13H,3,6-7H2,1-2H3,(H,14,15). The summed E-state index contributed by atoms with van der Waals surface area (Å²) in [6.45, 7) is 2.89. The lowest BCUT2D eigenvalue weighted by atomic mass is 10.0. The van der Waals surface area contributed by atoms with E-state index in [1.54, 1.807) is 6.07 Å². The first-order valence-electron chi connectivity index (χ1n) is 5.18. The summed E-state index contributed by atoms with van der Waals surface area (Å²) in [5, 5.41) is 12.0. The molecule has 0 atom stereocenters. The first-order chi connectivity index (χ1) is 7.19. The summed E-state index contributed by atoms with van der Waals surface area (Å²) in [7, 11) is 1.91. The number of likely N-dealkylation sites (N-methyl/N-ethyl adjacent to an activating group) is 1. The zero-order chi connectivity index (χ0) is 11.3. The highest BCUT2D eigenvalue weighted by Crippen LogP contribution is 2.13. The molecule has 0 aliphatic rings. The van der Waals surface area contributed by atoms with Gasteiger partial charge in [0.25, 0.3) is 0 Å². The number of aromatic carboxylic acids is 1. The molecule has 0 aliphatic carbocycles. The molecule has 0 unspecified atom stereocenters. The summed E-state index contributed by atoms with van der Waals surface area (Å²) in [6, 6.07) is 5.58. The molecule has 3 nitrogen and oxygen atoms in total. The molecule has 0 amide bonds. The lowest BCUT2D eigenvalue weighted by Crippen LogP contribution is -2.11. The number of aryl methyl sites for hydroxylation is 1. The Hall–Kier alpha value is -1.35. The molecule has 0 heterocycles. The third-order valence-corrected chi connectivity index (χ3v) is 2.44. The van der Waals surface area contributed by atoms with Crippen molar-refractivity contribution in [2.45, 2.75) is 19.8 Å². The maximum absolute atomic E-state index is 10.9. The quantitative estimate of drug-likeness (QED) is 0.772. The molecule has 0 aromatic heterocycles. The van der Waals surface area contributed by atoms with Crippen LogP contribution in [0.3, 0.4) is 0 Å². The average Bonchev–Trinajstić information content (AvgIpc) is 2.25. The van der Waals surface area contributed by atoms with Crippen LogP contribution in [0, 0.1) is 0 Å². The van der Waals surface area contributed by atoms with Crippen molar-refractivity contribution < 1.29 is 9.90 Å². The summed E-state index contributed by atoms with van der Waals surface area (Å²) in [5.74, 6) is -0.841. The highest BCUT2D eigenvalue weighted by atomic mass is 16.4. The summed E-state index contributed by atoms with van der Waals surface area (Å²) in [6.07, 6.45) is 1.69. The second-order valence-corrected chi connectivity index (χ2v) is 3.50. The van der Waals surface area contributed by atoms with E-state index in [-0.39, 0.29) is 0 Å². The lowest BCUT2D eigenvalue weighted by molar-refractivity contribution is 0.0695. The van der Waals surface area contributed by atoms with E-state index in [0.717, 1.165) is 24.9 Å². The van der Waals surface area contributed by atoms with Gasteiger partial charge in [-0.15, -0.1) is 0 Å².